The summed E-state index contributed by atoms with van der Waals surface area (Å²) < 4.78 is 4.66. The van der Waals surface area contributed by atoms with Gasteiger partial charge in [-0.3, -0.25) is 9.59 Å². The molecular formula is C24H27N3O5. The molecule has 168 valence electrons. The van der Waals surface area contributed by atoms with Crippen molar-refractivity contribution in [2.24, 2.45) is 5.92 Å². The van der Waals surface area contributed by atoms with E-state index in [1.807, 2.05) is 26.8 Å². The first-order valence-corrected chi connectivity index (χ1v) is 10.4. The minimum Gasteiger partial charge on any atom is -0.465 e. The summed E-state index contributed by atoms with van der Waals surface area (Å²) in [6, 6.07) is 12.1. The summed E-state index contributed by atoms with van der Waals surface area (Å²) in [7, 11) is 1.29. The molecule has 1 fully saturated rings. The third-order valence-electron chi connectivity index (χ3n) is 5.11. The van der Waals surface area contributed by atoms with Gasteiger partial charge in [-0.25, -0.2) is 14.5 Å². The van der Waals surface area contributed by atoms with Gasteiger partial charge >= 0.3 is 12.0 Å². The van der Waals surface area contributed by atoms with Gasteiger partial charge in [0.15, 0.2) is 0 Å². The lowest BCUT2D eigenvalue weighted by molar-refractivity contribution is -0.124. The molecule has 8 nitrogen and oxygen atoms in total. The summed E-state index contributed by atoms with van der Waals surface area (Å²) in [4.78, 5) is 53.2. The number of ether oxygens (including phenoxy) is 1. The van der Waals surface area contributed by atoms with Gasteiger partial charge in [0.05, 0.1) is 24.8 Å². The van der Waals surface area contributed by atoms with E-state index in [9.17, 15) is 19.2 Å². The van der Waals surface area contributed by atoms with Crippen LogP contribution < -0.4 is 10.2 Å². The Balaban J connectivity index is 1.78. The summed E-state index contributed by atoms with van der Waals surface area (Å²) in [6.45, 7) is 6.15. The molecule has 1 aliphatic rings. The van der Waals surface area contributed by atoms with Crippen molar-refractivity contribution in [3.05, 3.63) is 59.7 Å². The van der Waals surface area contributed by atoms with Crippen LogP contribution in [0.15, 0.2) is 48.5 Å². The Morgan fingerprint density at radius 2 is 1.78 bits per heavy atom. The number of nitrogens with zero attached hydrogens (tertiary/aromatic N) is 2. The summed E-state index contributed by atoms with van der Waals surface area (Å²) in [5, 5.41) is 2.73. The van der Waals surface area contributed by atoms with Crippen molar-refractivity contribution in [3.8, 4) is 0 Å². The number of anilines is 2. The Morgan fingerprint density at radius 3 is 2.38 bits per heavy atom. The fraction of sp³-hybridized carbons (Fsp3) is 0.333. The van der Waals surface area contributed by atoms with Gasteiger partial charge in [0, 0.05) is 12.2 Å². The van der Waals surface area contributed by atoms with E-state index in [-0.39, 0.29) is 12.3 Å². The van der Waals surface area contributed by atoms with Gasteiger partial charge in [-0.1, -0.05) is 26.0 Å². The molecule has 1 heterocycles. The second-order valence-electron chi connectivity index (χ2n) is 8.18. The Hall–Kier alpha value is -3.68. The molecule has 1 atom stereocenters. The Morgan fingerprint density at radius 1 is 1.09 bits per heavy atom. The number of benzene rings is 2. The van der Waals surface area contributed by atoms with Crippen LogP contribution in [0.4, 0.5) is 16.2 Å². The van der Waals surface area contributed by atoms with Gasteiger partial charge in [-0.15, -0.1) is 0 Å². The monoisotopic (exact) mass is 437 g/mol. The first kappa shape index (κ1) is 23.0. The number of methoxy groups -OCH3 is 1. The van der Waals surface area contributed by atoms with Crippen molar-refractivity contribution >= 4 is 35.2 Å². The van der Waals surface area contributed by atoms with Crippen molar-refractivity contribution < 1.29 is 23.9 Å². The van der Waals surface area contributed by atoms with Crippen LogP contribution in [0.3, 0.4) is 0 Å². The van der Waals surface area contributed by atoms with Crippen LogP contribution in [0, 0.1) is 12.8 Å². The van der Waals surface area contributed by atoms with Crippen LogP contribution in [0.25, 0.3) is 0 Å². The topological polar surface area (TPSA) is 96.0 Å². The van der Waals surface area contributed by atoms with Gasteiger partial charge in [0.2, 0.25) is 5.91 Å². The average Bonchev–Trinajstić information content (AvgIpc) is 2.97. The number of hydrogen-bond donors (Lipinski definition) is 1. The smallest absolute Gasteiger partial charge is 0.337 e. The van der Waals surface area contributed by atoms with E-state index in [2.05, 4.69) is 10.1 Å². The molecule has 4 amide bonds. The minimum absolute atomic E-state index is 0.126. The normalized spacial score (nSPS) is 16.0. The molecular weight excluding hydrogens is 410 g/mol. The molecule has 1 unspecified atom stereocenters. The zero-order valence-electron chi connectivity index (χ0n) is 18.6. The number of aryl methyl sites for hydroxylation is 1. The molecule has 0 radical (unpaired) electrons. The number of nitrogens with one attached hydrogen (secondary N) is 1. The van der Waals surface area contributed by atoms with Gasteiger partial charge in [-0.05, 0) is 54.8 Å². The summed E-state index contributed by atoms with van der Waals surface area (Å²) >= 11 is 0. The van der Waals surface area contributed by atoms with Crippen LogP contribution in [-0.2, 0) is 14.3 Å². The zero-order valence-corrected chi connectivity index (χ0v) is 18.6. The second kappa shape index (κ2) is 9.64. The maximum absolute atomic E-state index is 13.2. The fourth-order valence-electron chi connectivity index (χ4n) is 3.63. The van der Waals surface area contributed by atoms with E-state index in [4.69, 9.17) is 0 Å². The lowest BCUT2D eigenvalue weighted by Crippen LogP contribution is -2.40. The summed E-state index contributed by atoms with van der Waals surface area (Å²) in [6.07, 6.45) is -0.168. The molecule has 0 bridgehead atoms. The highest BCUT2D eigenvalue weighted by Gasteiger charge is 2.46. The number of amides is 4. The predicted octanol–water partition coefficient (Wildman–Crippen LogP) is 3.60. The van der Waals surface area contributed by atoms with Crippen LogP contribution in [0.1, 0.15) is 36.2 Å². The molecule has 3 rings (SSSR count). The van der Waals surface area contributed by atoms with Crippen molar-refractivity contribution in [2.45, 2.75) is 33.2 Å². The van der Waals surface area contributed by atoms with E-state index in [1.165, 1.54) is 24.1 Å². The molecule has 32 heavy (non-hydrogen) atoms. The lowest BCUT2D eigenvalue weighted by Gasteiger charge is -2.23. The van der Waals surface area contributed by atoms with Gasteiger partial charge < -0.3 is 15.0 Å². The van der Waals surface area contributed by atoms with Gasteiger partial charge in [0.1, 0.15) is 6.04 Å². The van der Waals surface area contributed by atoms with Gasteiger partial charge in [-0.2, -0.15) is 0 Å². The zero-order chi connectivity index (χ0) is 23.4. The Bertz CT molecular complexity index is 1030. The SMILES string of the molecule is COC(=O)c1ccc(NC(=O)CC2C(=O)N(c3cccc(C)c3)C(=O)N2CC(C)C)cc1. The quantitative estimate of drug-likeness (QED) is 0.527. The lowest BCUT2D eigenvalue weighted by atomic mass is 10.1. The molecule has 8 heteroatoms. The van der Waals surface area contributed by atoms with E-state index >= 15 is 0 Å². The fourth-order valence-corrected chi connectivity index (χ4v) is 3.63. The van der Waals surface area contributed by atoms with Crippen molar-refractivity contribution in [3.63, 3.8) is 0 Å². The maximum Gasteiger partial charge on any atom is 0.337 e. The standard InChI is InChI=1S/C24H27N3O5/c1-15(2)14-26-20(22(29)27(24(26)31)19-7-5-6-16(3)12-19)13-21(28)25-18-10-8-17(9-11-18)23(30)32-4/h5-12,15,20H,13-14H2,1-4H3,(H,25,28). The number of imide groups is 1. The first-order valence-electron chi connectivity index (χ1n) is 10.4. The molecule has 0 aliphatic carbocycles. The van der Waals surface area contributed by atoms with Crippen molar-refractivity contribution in [1.82, 2.24) is 4.90 Å². The highest BCUT2D eigenvalue weighted by molar-refractivity contribution is 6.22. The number of hydrogen-bond acceptors (Lipinski definition) is 5. The molecule has 1 aliphatic heterocycles. The minimum atomic E-state index is -0.889. The molecule has 0 spiro atoms. The van der Waals surface area contributed by atoms with E-state index < -0.39 is 29.9 Å². The highest BCUT2D eigenvalue weighted by atomic mass is 16.5. The number of esters is 1. The molecule has 0 aromatic heterocycles. The first-order chi connectivity index (χ1) is 15.2. The Labute approximate surface area is 187 Å². The van der Waals surface area contributed by atoms with Crippen molar-refractivity contribution in [1.29, 1.82) is 0 Å². The number of carbonyl (C=O) groups excluding carboxylic acids is 4. The summed E-state index contributed by atoms with van der Waals surface area (Å²) in [5.74, 6) is -1.17. The molecule has 1 saturated heterocycles. The molecule has 2 aromatic carbocycles. The van der Waals surface area contributed by atoms with E-state index in [0.717, 1.165) is 10.5 Å². The van der Waals surface area contributed by atoms with Crippen molar-refractivity contribution in [2.75, 3.05) is 23.9 Å². The molecule has 1 N–H and O–H groups in total. The number of rotatable bonds is 7. The third-order valence-corrected chi connectivity index (χ3v) is 5.11. The van der Waals surface area contributed by atoms with Crippen LogP contribution in [-0.4, -0.2) is 48.4 Å². The van der Waals surface area contributed by atoms with E-state index in [1.54, 1.807) is 30.3 Å². The molecule has 2 aromatic rings. The molecule has 0 saturated carbocycles. The third kappa shape index (κ3) is 4.96. The van der Waals surface area contributed by atoms with Gasteiger partial charge in [0.25, 0.3) is 5.91 Å². The summed E-state index contributed by atoms with van der Waals surface area (Å²) in [5.41, 5.74) is 2.26. The second-order valence-corrected chi connectivity index (χ2v) is 8.18. The largest absolute Gasteiger partial charge is 0.465 e. The Kier molecular flexibility index (Phi) is 6.92. The number of carbonyl (C=O) groups is 4. The maximum atomic E-state index is 13.2. The van der Waals surface area contributed by atoms with Crippen LogP contribution in [0.2, 0.25) is 0 Å². The van der Waals surface area contributed by atoms with Crippen LogP contribution >= 0.6 is 0 Å². The average molecular weight is 437 g/mol. The van der Waals surface area contributed by atoms with Crippen LogP contribution in [0.5, 0.6) is 0 Å². The van der Waals surface area contributed by atoms with E-state index in [0.29, 0.717) is 23.5 Å². The predicted molar refractivity (Wildman–Crippen MR) is 120 cm³/mol. The highest BCUT2D eigenvalue weighted by Crippen LogP contribution is 2.28. The number of urea groups is 1.